The first-order chi connectivity index (χ1) is 12.0. The van der Waals surface area contributed by atoms with Crippen molar-refractivity contribution in [2.45, 2.75) is 32.1 Å². The molecule has 0 unspecified atom stereocenters. The number of nitrogens with one attached hydrogen (secondary N) is 1. The fraction of sp³-hybridized carbons (Fsp3) is 0.556. The maximum Gasteiger partial charge on any atom is 0.303 e. The Morgan fingerprint density at radius 3 is 2.72 bits per heavy atom. The summed E-state index contributed by atoms with van der Waals surface area (Å²) in [6.07, 6.45) is 2.93. The summed E-state index contributed by atoms with van der Waals surface area (Å²) in [6.45, 7) is 4.23. The zero-order valence-electron chi connectivity index (χ0n) is 14.3. The number of hydrogen-bond donors (Lipinski definition) is 2. The number of carboxylic acids is 1. The highest BCUT2D eigenvalue weighted by Gasteiger charge is 2.12. The number of amides is 1. The molecule has 0 aliphatic carbocycles. The minimum absolute atomic E-state index is 0.00985. The summed E-state index contributed by atoms with van der Waals surface area (Å²) in [6, 6.07) is 5.49. The van der Waals surface area contributed by atoms with Crippen molar-refractivity contribution in [3.8, 4) is 5.75 Å². The molecule has 0 radical (unpaired) electrons. The highest BCUT2D eigenvalue weighted by atomic mass is 35.5. The van der Waals surface area contributed by atoms with Crippen molar-refractivity contribution in [3.05, 3.63) is 28.8 Å². The van der Waals surface area contributed by atoms with Gasteiger partial charge >= 0.3 is 5.97 Å². The molecule has 0 spiro atoms. The van der Waals surface area contributed by atoms with Crippen LogP contribution in [0.4, 0.5) is 0 Å². The topological polar surface area (TPSA) is 78.9 Å². The van der Waals surface area contributed by atoms with E-state index in [-0.39, 0.29) is 18.7 Å². The second-order valence-corrected chi connectivity index (χ2v) is 6.58. The van der Waals surface area contributed by atoms with E-state index < -0.39 is 5.97 Å². The molecule has 1 aromatic carbocycles. The Morgan fingerprint density at radius 2 is 2.00 bits per heavy atom. The summed E-state index contributed by atoms with van der Waals surface area (Å²) < 4.78 is 5.90. The molecule has 7 heteroatoms. The van der Waals surface area contributed by atoms with Crippen LogP contribution in [-0.2, 0) is 16.0 Å². The van der Waals surface area contributed by atoms with Gasteiger partial charge < -0.3 is 15.2 Å². The van der Waals surface area contributed by atoms with Gasteiger partial charge in [-0.1, -0.05) is 11.6 Å². The molecule has 1 aliphatic rings. The summed E-state index contributed by atoms with van der Waals surface area (Å²) in [4.78, 5) is 24.4. The number of hydrogen-bond acceptors (Lipinski definition) is 4. The van der Waals surface area contributed by atoms with Crippen LogP contribution in [0.5, 0.6) is 5.75 Å². The standard InChI is InChI=1S/C18H25ClN2O4/c19-15-3-4-16(25-12-11-21-9-1-2-10-21)14(13-15)7-8-20-17(22)5-6-18(23)24/h3-4,13H,1-2,5-12H2,(H,20,22)(H,23,24). The summed E-state index contributed by atoms with van der Waals surface area (Å²) in [7, 11) is 0. The predicted molar refractivity (Wildman–Crippen MR) is 96.2 cm³/mol. The first kappa shape index (κ1) is 19.5. The Bertz CT molecular complexity index is 588. The number of nitrogens with zero attached hydrogens (tertiary/aromatic N) is 1. The van der Waals surface area contributed by atoms with Gasteiger partial charge in [0.1, 0.15) is 12.4 Å². The van der Waals surface area contributed by atoms with Crippen LogP contribution in [0.25, 0.3) is 0 Å². The van der Waals surface area contributed by atoms with Crippen molar-refractivity contribution in [3.63, 3.8) is 0 Å². The van der Waals surface area contributed by atoms with Crippen LogP contribution in [0.1, 0.15) is 31.2 Å². The van der Waals surface area contributed by atoms with E-state index in [0.717, 1.165) is 30.9 Å². The molecule has 2 N–H and O–H groups in total. The first-order valence-corrected chi connectivity index (χ1v) is 9.04. The van der Waals surface area contributed by atoms with Gasteiger partial charge in [-0.3, -0.25) is 14.5 Å². The van der Waals surface area contributed by atoms with Gasteiger partial charge in [0, 0.05) is 24.5 Å². The summed E-state index contributed by atoms with van der Waals surface area (Å²) in [5.74, 6) is -0.456. The number of aliphatic carboxylic acids is 1. The van der Waals surface area contributed by atoms with E-state index in [9.17, 15) is 9.59 Å². The van der Waals surface area contributed by atoms with Crippen molar-refractivity contribution in [1.82, 2.24) is 10.2 Å². The highest BCUT2D eigenvalue weighted by molar-refractivity contribution is 6.30. The summed E-state index contributed by atoms with van der Waals surface area (Å²) >= 11 is 6.06. The lowest BCUT2D eigenvalue weighted by Crippen LogP contribution is -2.26. The SMILES string of the molecule is O=C(O)CCC(=O)NCCc1cc(Cl)ccc1OCCN1CCCC1. The van der Waals surface area contributed by atoms with Crippen molar-refractivity contribution >= 4 is 23.5 Å². The quantitative estimate of drug-likeness (QED) is 0.662. The van der Waals surface area contributed by atoms with Crippen molar-refractivity contribution < 1.29 is 19.4 Å². The van der Waals surface area contributed by atoms with Crippen molar-refractivity contribution in [2.75, 3.05) is 32.8 Å². The minimum atomic E-state index is -0.973. The number of rotatable bonds is 10. The van der Waals surface area contributed by atoms with E-state index in [0.29, 0.717) is 24.6 Å². The maximum absolute atomic E-state index is 11.6. The van der Waals surface area contributed by atoms with Gasteiger partial charge in [-0.25, -0.2) is 0 Å². The number of carboxylic acid groups (broad SMARTS) is 1. The number of carbonyl (C=O) groups is 2. The van der Waals surface area contributed by atoms with Crippen LogP contribution in [0.15, 0.2) is 18.2 Å². The molecule has 1 aliphatic heterocycles. The Morgan fingerprint density at radius 1 is 1.24 bits per heavy atom. The fourth-order valence-electron chi connectivity index (χ4n) is 2.82. The molecule has 0 atom stereocenters. The molecule has 138 valence electrons. The summed E-state index contributed by atoms with van der Waals surface area (Å²) in [5, 5.41) is 11.9. The van der Waals surface area contributed by atoms with Crippen LogP contribution in [0, 0.1) is 0 Å². The van der Waals surface area contributed by atoms with Gasteiger partial charge in [-0.15, -0.1) is 0 Å². The monoisotopic (exact) mass is 368 g/mol. The van der Waals surface area contributed by atoms with Gasteiger partial charge in [0.2, 0.25) is 5.91 Å². The van der Waals surface area contributed by atoms with Crippen LogP contribution in [0.2, 0.25) is 5.02 Å². The molecular formula is C18H25ClN2O4. The lowest BCUT2D eigenvalue weighted by Gasteiger charge is -2.17. The molecule has 0 saturated carbocycles. The van der Waals surface area contributed by atoms with Crippen molar-refractivity contribution in [1.29, 1.82) is 0 Å². The van der Waals surface area contributed by atoms with E-state index in [4.69, 9.17) is 21.4 Å². The highest BCUT2D eigenvalue weighted by Crippen LogP contribution is 2.23. The molecule has 6 nitrogen and oxygen atoms in total. The molecule has 1 amide bonds. The largest absolute Gasteiger partial charge is 0.492 e. The van der Waals surface area contributed by atoms with E-state index in [1.807, 2.05) is 12.1 Å². The molecule has 0 aromatic heterocycles. The molecule has 1 heterocycles. The molecule has 1 saturated heterocycles. The molecular weight excluding hydrogens is 344 g/mol. The third-order valence-electron chi connectivity index (χ3n) is 4.17. The molecule has 25 heavy (non-hydrogen) atoms. The Hall–Kier alpha value is -1.79. The van der Waals surface area contributed by atoms with E-state index in [1.165, 1.54) is 12.8 Å². The number of halogens is 1. The second-order valence-electron chi connectivity index (χ2n) is 6.14. The average Bonchev–Trinajstić information content (AvgIpc) is 3.08. The number of carbonyl (C=O) groups excluding carboxylic acids is 1. The lowest BCUT2D eigenvalue weighted by molar-refractivity contribution is -0.138. The van der Waals surface area contributed by atoms with Crippen molar-refractivity contribution in [2.24, 2.45) is 0 Å². The van der Waals surface area contributed by atoms with Crippen LogP contribution in [-0.4, -0.2) is 54.7 Å². The van der Waals surface area contributed by atoms with Gasteiger partial charge in [0.05, 0.1) is 6.42 Å². The maximum atomic E-state index is 11.6. The van der Waals surface area contributed by atoms with Crippen LogP contribution >= 0.6 is 11.6 Å². The molecule has 0 bridgehead atoms. The number of benzene rings is 1. The van der Waals surface area contributed by atoms with Gasteiger partial charge in [-0.2, -0.15) is 0 Å². The predicted octanol–water partition coefficient (Wildman–Crippen LogP) is 2.34. The van der Waals surface area contributed by atoms with Gasteiger partial charge in [0.15, 0.2) is 0 Å². The Labute approximate surface area is 153 Å². The normalized spacial score (nSPS) is 14.4. The van der Waals surface area contributed by atoms with E-state index >= 15 is 0 Å². The average molecular weight is 369 g/mol. The zero-order chi connectivity index (χ0) is 18.1. The Balaban J connectivity index is 1.78. The third kappa shape index (κ3) is 7.32. The molecule has 1 fully saturated rings. The molecule has 1 aromatic rings. The smallest absolute Gasteiger partial charge is 0.303 e. The minimum Gasteiger partial charge on any atom is -0.492 e. The van der Waals surface area contributed by atoms with Crippen LogP contribution < -0.4 is 10.1 Å². The Kier molecular flexibility index (Phi) is 8.01. The van der Waals surface area contributed by atoms with Crippen LogP contribution in [0.3, 0.4) is 0 Å². The number of ether oxygens (including phenoxy) is 1. The fourth-order valence-corrected chi connectivity index (χ4v) is 3.02. The third-order valence-corrected chi connectivity index (χ3v) is 4.40. The summed E-state index contributed by atoms with van der Waals surface area (Å²) in [5.41, 5.74) is 0.937. The second kappa shape index (κ2) is 10.3. The van der Waals surface area contributed by atoms with Gasteiger partial charge in [-0.05, 0) is 56.1 Å². The number of likely N-dealkylation sites (tertiary alicyclic amines) is 1. The molecule has 2 rings (SSSR count). The first-order valence-electron chi connectivity index (χ1n) is 8.66. The van der Waals surface area contributed by atoms with Gasteiger partial charge in [0.25, 0.3) is 0 Å². The zero-order valence-corrected chi connectivity index (χ0v) is 15.1. The van der Waals surface area contributed by atoms with E-state index in [1.54, 1.807) is 6.07 Å². The lowest BCUT2D eigenvalue weighted by atomic mass is 10.1. The van der Waals surface area contributed by atoms with E-state index in [2.05, 4.69) is 10.2 Å².